The van der Waals surface area contributed by atoms with Gasteiger partial charge < -0.3 is 21.3 Å². The topological polar surface area (TPSA) is 70.4 Å². The van der Waals surface area contributed by atoms with E-state index < -0.39 is 0 Å². The molecule has 0 aromatic carbocycles. The molecule has 0 saturated carbocycles. The van der Waals surface area contributed by atoms with Crippen molar-refractivity contribution in [2.24, 2.45) is 11.1 Å². The smallest absolute Gasteiger partial charge is 0.314 e. The molecule has 0 spiro atoms. The van der Waals surface area contributed by atoms with Crippen LogP contribution in [0.3, 0.4) is 0 Å². The molecule has 1 aliphatic rings. The van der Waals surface area contributed by atoms with Gasteiger partial charge >= 0.3 is 6.03 Å². The quantitative estimate of drug-likeness (QED) is 0.633. The van der Waals surface area contributed by atoms with Gasteiger partial charge in [-0.15, -0.1) is 0 Å². The van der Waals surface area contributed by atoms with Crippen molar-refractivity contribution in [1.29, 1.82) is 0 Å². The van der Waals surface area contributed by atoms with Gasteiger partial charge in [0.2, 0.25) is 0 Å². The van der Waals surface area contributed by atoms with Crippen LogP contribution in [0.4, 0.5) is 4.79 Å². The second kappa shape index (κ2) is 5.50. The van der Waals surface area contributed by atoms with E-state index in [0.29, 0.717) is 6.54 Å². The van der Waals surface area contributed by atoms with Crippen LogP contribution in [0.15, 0.2) is 0 Å². The number of hydrogen-bond donors (Lipinski definition) is 3. The molecule has 5 heteroatoms. The van der Waals surface area contributed by atoms with E-state index >= 15 is 0 Å². The highest BCUT2D eigenvalue weighted by atomic mass is 16.2. The second-order valence-corrected chi connectivity index (χ2v) is 5.31. The van der Waals surface area contributed by atoms with E-state index in [1.165, 1.54) is 0 Å². The summed E-state index contributed by atoms with van der Waals surface area (Å²) in [6.07, 6.45) is 1.02. The van der Waals surface area contributed by atoms with Gasteiger partial charge in [-0.05, 0) is 18.4 Å². The molecule has 0 radical (unpaired) electrons. The molecule has 1 heterocycles. The van der Waals surface area contributed by atoms with Crippen LogP contribution < -0.4 is 16.4 Å². The van der Waals surface area contributed by atoms with Crippen LogP contribution in [-0.2, 0) is 0 Å². The van der Waals surface area contributed by atoms with Crippen molar-refractivity contribution in [1.82, 2.24) is 15.5 Å². The summed E-state index contributed by atoms with van der Waals surface area (Å²) in [5.41, 5.74) is 5.87. The van der Waals surface area contributed by atoms with Gasteiger partial charge in [0, 0.05) is 32.7 Å². The third kappa shape index (κ3) is 3.98. The van der Waals surface area contributed by atoms with E-state index in [1.54, 1.807) is 7.05 Å². The summed E-state index contributed by atoms with van der Waals surface area (Å²) in [5, 5.41) is 5.52. The molecule has 0 aromatic heterocycles. The van der Waals surface area contributed by atoms with Gasteiger partial charge in [-0.25, -0.2) is 4.79 Å². The zero-order valence-electron chi connectivity index (χ0n) is 10.5. The molecule has 1 atom stereocenters. The summed E-state index contributed by atoms with van der Waals surface area (Å²) >= 11 is 0. The lowest BCUT2D eigenvalue weighted by atomic mass is 9.93. The van der Waals surface area contributed by atoms with Gasteiger partial charge in [0.05, 0.1) is 0 Å². The SMILES string of the molecule is CNC(=O)N[C@@H]1CCN(CC(C)(C)CN)C1. The first kappa shape index (κ1) is 13.3. The summed E-state index contributed by atoms with van der Waals surface area (Å²) in [5.74, 6) is 0. The maximum atomic E-state index is 11.2. The predicted octanol–water partition coefficient (Wildman–Crippen LogP) is -0.0254. The first-order valence-electron chi connectivity index (χ1n) is 5.87. The summed E-state index contributed by atoms with van der Waals surface area (Å²) in [6.45, 7) is 8.00. The molecule has 1 saturated heterocycles. The lowest BCUT2D eigenvalue weighted by Gasteiger charge is -2.28. The zero-order chi connectivity index (χ0) is 12.2. The number of hydrogen-bond acceptors (Lipinski definition) is 3. The fraction of sp³-hybridized carbons (Fsp3) is 0.909. The van der Waals surface area contributed by atoms with Crippen LogP contribution >= 0.6 is 0 Å². The molecule has 0 bridgehead atoms. The summed E-state index contributed by atoms with van der Waals surface area (Å²) in [7, 11) is 1.64. The number of rotatable bonds is 4. The molecular weight excluding hydrogens is 204 g/mol. The van der Waals surface area contributed by atoms with Crippen molar-refractivity contribution in [2.45, 2.75) is 26.3 Å². The molecule has 0 aliphatic carbocycles. The minimum Gasteiger partial charge on any atom is -0.341 e. The minimum absolute atomic E-state index is 0.0927. The number of nitrogens with one attached hydrogen (secondary N) is 2. The summed E-state index contributed by atoms with van der Waals surface area (Å²) in [6, 6.07) is 0.179. The molecular formula is C11H24N4O. The number of carbonyl (C=O) groups excluding carboxylic acids is 1. The normalized spacial score (nSPS) is 22.1. The Morgan fingerprint density at radius 1 is 1.56 bits per heavy atom. The number of nitrogens with zero attached hydrogens (tertiary/aromatic N) is 1. The average molecular weight is 228 g/mol. The van der Waals surface area contributed by atoms with Crippen molar-refractivity contribution < 1.29 is 4.79 Å². The van der Waals surface area contributed by atoms with Gasteiger partial charge in [0.1, 0.15) is 0 Å². The van der Waals surface area contributed by atoms with Crippen molar-refractivity contribution in [3.8, 4) is 0 Å². The van der Waals surface area contributed by atoms with E-state index in [2.05, 4.69) is 29.4 Å². The van der Waals surface area contributed by atoms with Gasteiger partial charge in [-0.3, -0.25) is 0 Å². The fourth-order valence-corrected chi connectivity index (χ4v) is 2.02. The maximum absolute atomic E-state index is 11.2. The van der Waals surface area contributed by atoms with Crippen molar-refractivity contribution in [2.75, 3.05) is 33.2 Å². The Morgan fingerprint density at radius 3 is 2.81 bits per heavy atom. The summed E-state index contributed by atoms with van der Waals surface area (Å²) < 4.78 is 0. The molecule has 1 aliphatic heterocycles. The Morgan fingerprint density at radius 2 is 2.25 bits per heavy atom. The number of amides is 2. The van der Waals surface area contributed by atoms with E-state index in [9.17, 15) is 4.79 Å². The largest absolute Gasteiger partial charge is 0.341 e. The molecule has 0 aromatic rings. The summed E-state index contributed by atoms with van der Waals surface area (Å²) in [4.78, 5) is 13.5. The van der Waals surface area contributed by atoms with Gasteiger partial charge in [-0.1, -0.05) is 13.8 Å². The van der Waals surface area contributed by atoms with Crippen molar-refractivity contribution in [3.63, 3.8) is 0 Å². The molecule has 2 amide bonds. The number of carbonyl (C=O) groups is 1. The van der Waals surface area contributed by atoms with Crippen molar-refractivity contribution in [3.05, 3.63) is 0 Å². The molecule has 16 heavy (non-hydrogen) atoms. The Balaban J connectivity index is 2.32. The van der Waals surface area contributed by atoms with Gasteiger partial charge in [-0.2, -0.15) is 0 Å². The molecule has 0 unspecified atom stereocenters. The molecule has 5 nitrogen and oxygen atoms in total. The van der Waals surface area contributed by atoms with E-state index in [1.807, 2.05) is 0 Å². The first-order valence-corrected chi connectivity index (χ1v) is 5.87. The van der Waals surface area contributed by atoms with Crippen LogP contribution in [0, 0.1) is 5.41 Å². The van der Waals surface area contributed by atoms with Crippen LogP contribution in [0.25, 0.3) is 0 Å². The highest BCUT2D eigenvalue weighted by Gasteiger charge is 2.27. The Hall–Kier alpha value is -0.810. The molecule has 1 rings (SSSR count). The van der Waals surface area contributed by atoms with E-state index in [4.69, 9.17) is 5.73 Å². The van der Waals surface area contributed by atoms with E-state index in [0.717, 1.165) is 26.1 Å². The lowest BCUT2D eigenvalue weighted by molar-refractivity contribution is 0.210. The highest BCUT2D eigenvalue weighted by molar-refractivity contribution is 5.73. The Labute approximate surface area is 97.7 Å². The highest BCUT2D eigenvalue weighted by Crippen LogP contribution is 2.18. The molecule has 94 valence electrons. The standard InChI is InChI=1S/C11H24N4O/c1-11(2,7-12)8-15-5-4-9(6-15)14-10(16)13-3/h9H,4-8,12H2,1-3H3,(H2,13,14,16)/t9-/m1/s1. The van der Waals surface area contributed by atoms with Gasteiger partial charge in [0.15, 0.2) is 0 Å². The monoisotopic (exact) mass is 228 g/mol. The maximum Gasteiger partial charge on any atom is 0.314 e. The van der Waals surface area contributed by atoms with Crippen LogP contribution in [-0.4, -0.2) is 50.2 Å². The Bertz CT molecular complexity index is 242. The molecule has 1 fully saturated rings. The lowest BCUT2D eigenvalue weighted by Crippen LogP contribution is -2.43. The average Bonchev–Trinajstić information content (AvgIpc) is 2.64. The predicted molar refractivity (Wildman–Crippen MR) is 65.3 cm³/mol. The second-order valence-electron chi connectivity index (χ2n) is 5.31. The third-order valence-corrected chi connectivity index (χ3v) is 3.04. The Kier molecular flexibility index (Phi) is 4.56. The fourth-order valence-electron chi connectivity index (χ4n) is 2.02. The minimum atomic E-state index is -0.0927. The van der Waals surface area contributed by atoms with Crippen LogP contribution in [0.1, 0.15) is 20.3 Å². The van der Waals surface area contributed by atoms with Crippen LogP contribution in [0.2, 0.25) is 0 Å². The molecule has 4 N–H and O–H groups in total. The number of urea groups is 1. The zero-order valence-corrected chi connectivity index (χ0v) is 10.5. The van der Waals surface area contributed by atoms with E-state index in [-0.39, 0.29) is 17.5 Å². The van der Waals surface area contributed by atoms with Gasteiger partial charge in [0.25, 0.3) is 0 Å². The number of likely N-dealkylation sites (tertiary alicyclic amines) is 1. The number of nitrogens with two attached hydrogens (primary N) is 1. The third-order valence-electron chi connectivity index (χ3n) is 3.04. The first-order chi connectivity index (χ1) is 7.46. The van der Waals surface area contributed by atoms with Crippen molar-refractivity contribution >= 4 is 6.03 Å². The van der Waals surface area contributed by atoms with Crippen LogP contribution in [0.5, 0.6) is 0 Å².